The highest BCUT2D eigenvalue weighted by Gasteiger charge is 2.28. The number of halogens is 2. The first-order valence-electron chi connectivity index (χ1n) is 7.88. The predicted octanol–water partition coefficient (Wildman–Crippen LogP) is 5.73. The minimum absolute atomic E-state index is 0.436. The lowest BCUT2D eigenvalue weighted by Crippen LogP contribution is -2.15. The minimum Gasteiger partial charge on any atom is -0.221 e. The van der Waals surface area contributed by atoms with Gasteiger partial charge in [0.1, 0.15) is 16.1 Å². The van der Waals surface area contributed by atoms with E-state index in [4.69, 9.17) is 23.2 Å². The molecule has 0 spiro atoms. The summed E-state index contributed by atoms with van der Waals surface area (Å²) in [6.45, 7) is 2.31. The van der Waals surface area contributed by atoms with Crippen LogP contribution in [0.1, 0.15) is 81.5 Å². The zero-order valence-electron chi connectivity index (χ0n) is 12.0. The molecular formula is C16H22Cl2N2. The maximum atomic E-state index is 6.43. The Morgan fingerprint density at radius 2 is 1.45 bits per heavy atom. The molecule has 0 radical (unpaired) electrons. The van der Waals surface area contributed by atoms with Crippen LogP contribution >= 0.6 is 23.2 Å². The van der Waals surface area contributed by atoms with E-state index in [2.05, 4.69) is 16.9 Å². The fourth-order valence-corrected chi connectivity index (χ4v) is 4.54. The van der Waals surface area contributed by atoms with E-state index in [1.165, 1.54) is 44.9 Å². The molecule has 110 valence electrons. The van der Waals surface area contributed by atoms with Gasteiger partial charge in [-0.1, -0.05) is 55.8 Å². The van der Waals surface area contributed by atoms with E-state index in [-0.39, 0.29) is 0 Å². The zero-order chi connectivity index (χ0) is 14.1. The summed E-state index contributed by atoms with van der Waals surface area (Å²) in [7, 11) is 0. The monoisotopic (exact) mass is 312 g/mol. The molecule has 0 aliphatic heterocycles. The van der Waals surface area contributed by atoms with E-state index in [1.54, 1.807) is 0 Å². The molecular weight excluding hydrogens is 291 g/mol. The first-order valence-corrected chi connectivity index (χ1v) is 8.63. The van der Waals surface area contributed by atoms with E-state index in [9.17, 15) is 0 Å². The fourth-order valence-electron chi connectivity index (χ4n) is 3.83. The van der Waals surface area contributed by atoms with Crippen LogP contribution in [-0.2, 0) is 0 Å². The minimum atomic E-state index is 0.436. The van der Waals surface area contributed by atoms with Gasteiger partial charge in [0.2, 0.25) is 0 Å². The van der Waals surface area contributed by atoms with E-state index in [0.29, 0.717) is 22.1 Å². The van der Waals surface area contributed by atoms with Crippen molar-refractivity contribution in [3.63, 3.8) is 0 Å². The van der Waals surface area contributed by atoms with Crippen molar-refractivity contribution < 1.29 is 0 Å². The largest absolute Gasteiger partial charge is 0.221 e. The molecule has 0 amide bonds. The summed E-state index contributed by atoms with van der Waals surface area (Å²) in [5, 5.41) is 1.20. The molecule has 2 atom stereocenters. The Kier molecular flexibility index (Phi) is 4.52. The van der Waals surface area contributed by atoms with Gasteiger partial charge < -0.3 is 0 Å². The van der Waals surface area contributed by atoms with Gasteiger partial charge in [-0.2, -0.15) is 0 Å². The number of aromatic nitrogens is 2. The molecule has 1 aromatic rings. The number of nitrogens with zero attached hydrogens (tertiary/aromatic N) is 2. The number of rotatable bonds is 2. The highest BCUT2D eigenvalue weighted by molar-refractivity contribution is 6.34. The molecule has 0 bridgehead atoms. The average molecular weight is 313 g/mol. The van der Waals surface area contributed by atoms with Crippen molar-refractivity contribution in [2.24, 2.45) is 5.92 Å². The van der Waals surface area contributed by atoms with Crippen molar-refractivity contribution in [3.8, 4) is 0 Å². The van der Waals surface area contributed by atoms with Crippen molar-refractivity contribution in [2.75, 3.05) is 0 Å². The van der Waals surface area contributed by atoms with Crippen molar-refractivity contribution in [2.45, 2.75) is 70.1 Å². The molecule has 2 saturated carbocycles. The van der Waals surface area contributed by atoms with E-state index < -0.39 is 0 Å². The van der Waals surface area contributed by atoms with Gasteiger partial charge in [0.05, 0.1) is 0 Å². The second-order valence-electron chi connectivity index (χ2n) is 6.53. The summed E-state index contributed by atoms with van der Waals surface area (Å²) in [6.07, 6.45) is 9.77. The van der Waals surface area contributed by atoms with Gasteiger partial charge in [-0.25, -0.2) is 9.97 Å². The lowest BCUT2D eigenvalue weighted by atomic mass is 9.82. The van der Waals surface area contributed by atoms with Gasteiger partial charge in [-0.15, -0.1) is 0 Å². The fraction of sp³-hybridized carbons (Fsp3) is 0.750. The van der Waals surface area contributed by atoms with Crippen molar-refractivity contribution >= 4 is 23.2 Å². The summed E-state index contributed by atoms with van der Waals surface area (Å²) in [5.41, 5.74) is 0.999. The quantitative estimate of drug-likeness (QED) is 0.651. The summed E-state index contributed by atoms with van der Waals surface area (Å²) in [5.74, 6) is 2.53. The third-order valence-corrected chi connectivity index (χ3v) is 5.51. The molecule has 3 rings (SSSR count). The lowest BCUT2D eigenvalue weighted by molar-refractivity contribution is 0.335. The van der Waals surface area contributed by atoms with Gasteiger partial charge in [0, 0.05) is 11.5 Å². The second kappa shape index (κ2) is 6.19. The van der Waals surface area contributed by atoms with Crippen LogP contribution in [0.15, 0.2) is 0 Å². The molecule has 2 aliphatic rings. The molecule has 4 heteroatoms. The van der Waals surface area contributed by atoms with Crippen LogP contribution < -0.4 is 0 Å². The Morgan fingerprint density at radius 3 is 2.05 bits per heavy atom. The van der Waals surface area contributed by atoms with Gasteiger partial charge >= 0.3 is 0 Å². The van der Waals surface area contributed by atoms with Crippen molar-refractivity contribution in [3.05, 3.63) is 21.7 Å². The molecule has 2 nitrogen and oxygen atoms in total. The maximum absolute atomic E-state index is 6.43. The van der Waals surface area contributed by atoms with Gasteiger partial charge in [-0.3, -0.25) is 0 Å². The standard InChI is InChI=1S/C16H22Cl2N2/c1-10-5-4-8-12(9-10)16-19-14(17)13(15(18)20-16)11-6-2-3-7-11/h10-12H,2-9H2,1H3. The normalized spacial score (nSPS) is 27.9. The Morgan fingerprint density at radius 1 is 0.850 bits per heavy atom. The third kappa shape index (κ3) is 2.96. The predicted molar refractivity (Wildman–Crippen MR) is 83.6 cm³/mol. The first-order chi connectivity index (χ1) is 9.65. The number of hydrogen-bond acceptors (Lipinski definition) is 2. The Bertz CT molecular complexity index is 460. The Hall–Kier alpha value is -0.340. The molecule has 2 fully saturated rings. The molecule has 0 saturated heterocycles. The van der Waals surface area contributed by atoms with Crippen LogP contribution in [0.4, 0.5) is 0 Å². The van der Waals surface area contributed by atoms with Crippen LogP contribution in [0.5, 0.6) is 0 Å². The summed E-state index contributed by atoms with van der Waals surface area (Å²) >= 11 is 12.9. The summed E-state index contributed by atoms with van der Waals surface area (Å²) in [6, 6.07) is 0. The van der Waals surface area contributed by atoms with Crippen LogP contribution in [0.3, 0.4) is 0 Å². The first kappa shape index (κ1) is 14.6. The second-order valence-corrected chi connectivity index (χ2v) is 7.24. The smallest absolute Gasteiger partial charge is 0.137 e. The zero-order valence-corrected chi connectivity index (χ0v) is 13.6. The highest BCUT2D eigenvalue weighted by Crippen LogP contribution is 2.41. The van der Waals surface area contributed by atoms with Crippen LogP contribution in [0, 0.1) is 5.92 Å². The lowest BCUT2D eigenvalue weighted by Gasteiger charge is -2.26. The Labute approximate surface area is 131 Å². The van der Waals surface area contributed by atoms with Gasteiger partial charge in [-0.05, 0) is 37.5 Å². The van der Waals surface area contributed by atoms with Crippen LogP contribution in [0.25, 0.3) is 0 Å². The van der Waals surface area contributed by atoms with Crippen LogP contribution in [0.2, 0.25) is 10.3 Å². The molecule has 0 aromatic carbocycles. The molecule has 0 N–H and O–H groups in total. The van der Waals surface area contributed by atoms with Gasteiger partial charge in [0.25, 0.3) is 0 Å². The number of hydrogen-bond donors (Lipinski definition) is 0. The van der Waals surface area contributed by atoms with E-state index >= 15 is 0 Å². The van der Waals surface area contributed by atoms with Crippen molar-refractivity contribution in [1.29, 1.82) is 0 Å². The maximum Gasteiger partial charge on any atom is 0.137 e. The Balaban J connectivity index is 1.87. The van der Waals surface area contributed by atoms with E-state index in [0.717, 1.165) is 23.7 Å². The van der Waals surface area contributed by atoms with E-state index in [1.807, 2.05) is 0 Å². The topological polar surface area (TPSA) is 25.8 Å². The molecule has 1 heterocycles. The van der Waals surface area contributed by atoms with Crippen molar-refractivity contribution in [1.82, 2.24) is 9.97 Å². The average Bonchev–Trinajstić information content (AvgIpc) is 2.91. The molecule has 2 unspecified atom stereocenters. The molecule has 2 aliphatic carbocycles. The molecule has 20 heavy (non-hydrogen) atoms. The van der Waals surface area contributed by atoms with Crippen LogP contribution in [-0.4, -0.2) is 9.97 Å². The highest BCUT2D eigenvalue weighted by atomic mass is 35.5. The molecule has 1 aromatic heterocycles. The summed E-state index contributed by atoms with van der Waals surface area (Å²) < 4.78 is 0. The summed E-state index contributed by atoms with van der Waals surface area (Å²) in [4.78, 5) is 9.21. The SMILES string of the molecule is CC1CCCC(c2nc(Cl)c(C3CCCC3)c(Cl)n2)C1. The van der Waals surface area contributed by atoms with Gasteiger partial charge in [0.15, 0.2) is 0 Å². The third-order valence-electron chi connectivity index (χ3n) is 4.93.